The smallest absolute Gasteiger partial charge is 0.339 e. The summed E-state index contributed by atoms with van der Waals surface area (Å²) in [5.74, 6) is -0.303. The van der Waals surface area contributed by atoms with Gasteiger partial charge in [-0.05, 0) is 31.9 Å². The van der Waals surface area contributed by atoms with E-state index in [9.17, 15) is 14.4 Å². The number of amides is 3. The predicted octanol–water partition coefficient (Wildman–Crippen LogP) is 2.34. The first-order valence-corrected chi connectivity index (χ1v) is 8.65. The lowest BCUT2D eigenvalue weighted by atomic mass is 9.93. The second-order valence-corrected chi connectivity index (χ2v) is 6.23. The third kappa shape index (κ3) is 3.73. The highest BCUT2D eigenvalue weighted by atomic mass is 16.5. The van der Waals surface area contributed by atoms with Crippen LogP contribution in [0, 0.1) is 6.92 Å². The molecule has 1 heterocycles. The number of anilines is 1. The lowest BCUT2D eigenvalue weighted by molar-refractivity contribution is 0.0602. The Kier molecular flexibility index (Phi) is 5.44. The number of esters is 1. The number of hydrogen-bond donors (Lipinski definition) is 3. The zero-order valence-corrected chi connectivity index (χ0v) is 15.5. The van der Waals surface area contributed by atoms with Crippen molar-refractivity contribution in [3.05, 3.63) is 52.5 Å². The molecule has 0 radical (unpaired) electrons. The van der Waals surface area contributed by atoms with Crippen LogP contribution in [-0.2, 0) is 11.2 Å². The highest BCUT2D eigenvalue weighted by molar-refractivity contribution is 6.10. The zero-order valence-electron chi connectivity index (χ0n) is 15.5. The molecule has 1 aliphatic rings. The number of benzene rings is 1. The van der Waals surface area contributed by atoms with Gasteiger partial charge in [0.1, 0.15) is 5.76 Å². The topological polar surface area (TPSA) is 136 Å². The molecule has 3 rings (SSSR count). The Morgan fingerprint density at radius 2 is 1.96 bits per heavy atom. The minimum Gasteiger partial charge on any atom is -0.465 e. The summed E-state index contributed by atoms with van der Waals surface area (Å²) >= 11 is 0. The van der Waals surface area contributed by atoms with Crippen LogP contribution in [0.3, 0.4) is 0 Å². The summed E-state index contributed by atoms with van der Waals surface area (Å²) in [4.78, 5) is 35.6. The maximum absolute atomic E-state index is 12.8. The van der Waals surface area contributed by atoms with Crippen LogP contribution in [0.1, 0.15) is 50.6 Å². The molecular weight excluding hydrogens is 364 g/mol. The van der Waals surface area contributed by atoms with Crippen molar-refractivity contribution < 1.29 is 23.5 Å². The first-order chi connectivity index (χ1) is 13.4. The Morgan fingerprint density at radius 1 is 1.21 bits per heavy atom. The van der Waals surface area contributed by atoms with Crippen molar-refractivity contribution in [2.24, 2.45) is 10.8 Å². The number of primary amides is 1. The van der Waals surface area contributed by atoms with Gasteiger partial charge in [-0.2, -0.15) is 5.10 Å². The van der Waals surface area contributed by atoms with Crippen molar-refractivity contribution in [1.29, 1.82) is 0 Å². The Hall–Kier alpha value is -3.62. The molecule has 0 unspecified atom stereocenters. The monoisotopic (exact) mass is 384 g/mol. The highest BCUT2D eigenvalue weighted by Gasteiger charge is 2.28. The number of methoxy groups -OCH3 is 1. The number of ether oxygens (including phenoxy) is 1. The predicted molar refractivity (Wildman–Crippen MR) is 101 cm³/mol. The van der Waals surface area contributed by atoms with E-state index in [1.165, 1.54) is 7.11 Å². The largest absolute Gasteiger partial charge is 0.465 e. The molecule has 0 fully saturated rings. The van der Waals surface area contributed by atoms with Crippen LogP contribution in [0.25, 0.3) is 0 Å². The Balaban J connectivity index is 1.92. The summed E-state index contributed by atoms with van der Waals surface area (Å²) < 4.78 is 10.5. The van der Waals surface area contributed by atoms with Crippen LogP contribution in [-0.4, -0.2) is 30.7 Å². The molecule has 0 bridgehead atoms. The molecule has 0 atom stereocenters. The van der Waals surface area contributed by atoms with Gasteiger partial charge in [0.05, 0.1) is 24.1 Å². The van der Waals surface area contributed by atoms with Crippen LogP contribution < -0.4 is 16.5 Å². The molecule has 28 heavy (non-hydrogen) atoms. The molecule has 0 saturated carbocycles. The first kappa shape index (κ1) is 19.2. The number of nitrogens with zero attached hydrogens (tertiary/aromatic N) is 1. The molecule has 146 valence electrons. The van der Waals surface area contributed by atoms with Gasteiger partial charge in [0, 0.05) is 17.5 Å². The van der Waals surface area contributed by atoms with E-state index in [0.717, 1.165) is 6.42 Å². The second-order valence-electron chi connectivity index (χ2n) is 6.23. The standard InChI is InChI=1S/C19H20N4O5/c1-10-15-13(22-23-19(20)26)8-5-9-14(15)28-16(10)17(24)21-12-7-4-3-6-11(12)18(25)27-2/h3-4,6-7H,5,8-9H2,1-2H3,(H,21,24)(H3,20,23,26)/b22-13+. The fourth-order valence-electron chi connectivity index (χ4n) is 3.18. The highest BCUT2D eigenvalue weighted by Crippen LogP contribution is 2.30. The number of aryl methyl sites for hydroxylation is 1. The summed E-state index contributed by atoms with van der Waals surface area (Å²) in [6, 6.07) is 5.77. The van der Waals surface area contributed by atoms with Crippen molar-refractivity contribution in [2.75, 3.05) is 12.4 Å². The number of carbonyl (C=O) groups is 3. The molecule has 9 nitrogen and oxygen atoms in total. The molecule has 4 N–H and O–H groups in total. The average Bonchev–Trinajstić information content (AvgIpc) is 3.03. The van der Waals surface area contributed by atoms with Crippen LogP contribution in [0.15, 0.2) is 33.8 Å². The van der Waals surface area contributed by atoms with Crippen molar-refractivity contribution in [1.82, 2.24) is 5.43 Å². The third-order valence-corrected chi connectivity index (χ3v) is 4.41. The van der Waals surface area contributed by atoms with E-state index >= 15 is 0 Å². The van der Waals surface area contributed by atoms with Gasteiger partial charge in [0.15, 0.2) is 5.76 Å². The molecule has 0 spiro atoms. The fourth-order valence-corrected chi connectivity index (χ4v) is 3.18. The maximum atomic E-state index is 12.8. The lowest BCUT2D eigenvalue weighted by Gasteiger charge is -2.13. The van der Waals surface area contributed by atoms with E-state index in [1.54, 1.807) is 31.2 Å². The molecule has 0 saturated heterocycles. The molecule has 0 aliphatic heterocycles. The summed E-state index contributed by atoms with van der Waals surface area (Å²) in [6.45, 7) is 1.74. The number of nitrogens with two attached hydrogens (primary N) is 1. The van der Waals surface area contributed by atoms with Gasteiger partial charge in [-0.15, -0.1) is 0 Å². The number of nitrogens with one attached hydrogen (secondary N) is 2. The number of fused-ring (bicyclic) bond motifs is 1. The maximum Gasteiger partial charge on any atom is 0.339 e. The van der Waals surface area contributed by atoms with Crippen LogP contribution in [0.5, 0.6) is 0 Å². The van der Waals surface area contributed by atoms with E-state index in [4.69, 9.17) is 14.9 Å². The summed E-state index contributed by atoms with van der Waals surface area (Å²) in [6.07, 6.45) is 2.04. The Bertz CT molecular complexity index is 977. The molecule has 2 aromatic rings. The third-order valence-electron chi connectivity index (χ3n) is 4.41. The van der Waals surface area contributed by atoms with Gasteiger partial charge in [0.25, 0.3) is 5.91 Å². The summed E-state index contributed by atoms with van der Waals surface area (Å²) in [5.41, 5.74) is 9.76. The van der Waals surface area contributed by atoms with Crippen LogP contribution in [0.2, 0.25) is 0 Å². The Morgan fingerprint density at radius 3 is 2.68 bits per heavy atom. The van der Waals surface area contributed by atoms with E-state index < -0.39 is 17.9 Å². The number of hydrogen-bond acceptors (Lipinski definition) is 6. The number of urea groups is 1. The summed E-state index contributed by atoms with van der Waals surface area (Å²) in [5, 5.41) is 6.72. The molecule has 9 heteroatoms. The number of rotatable bonds is 4. The SMILES string of the molecule is COC(=O)c1ccccc1NC(=O)c1oc2c(c1C)/C(=N/NC(N)=O)CCC2. The van der Waals surface area contributed by atoms with Crippen LogP contribution >= 0.6 is 0 Å². The van der Waals surface area contributed by atoms with Gasteiger partial charge in [-0.25, -0.2) is 15.0 Å². The minimum atomic E-state index is -0.766. The van der Waals surface area contributed by atoms with E-state index in [-0.39, 0.29) is 11.3 Å². The normalized spacial score (nSPS) is 14.3. The molecule has 1 aromatic heterocycles. The molecule has 1 aromatic carbocycles. The number of hydrazone groups is 1. The van der Waals surface area contributed by atoms with Crippen molar-refractivity contribution in [3.8, 4) is 0 Å². The lowest BCUT2D eigenvalue weighted by Crippen LogP contribution is -2.27. The van der Waals surface area contributed by atoms with Gasteiger partial charge in [-0.1, -0.05) is 12.1 Å². The van der Waals surface area contributed by atoms with Gasteiger partial charge in [0.2, 0.25) is 0 Å². The van der Waals surface area contributed by atoms with Crippen LogP contribution in [0.4, 0.5) is 10.5 Å². The number of para-hydroxylation sites is 1. The van der Waals surface area contributed by atoms with Gasteiger partial charge in [-0.3, -0.25) is 4.79 Å². The van der Waals surface area contributed by atoms with E-state index in [2.05, 4.69) is 15.8 Å². The van der Waals surface area contributed by atoms with Crippen molar-refractivity contribution in [2.45, 2.75) is 26.2 Å². The number of carbonyl (C=O) groups excluding carboxylic acids is 3. The zero-order chi connectivity index (χ0) is 20.3. The molecule has 1 aliphatic carbocycles. The quantitative estimate of drug-likeness (QED) is 0.549. The van der Waals surface area contributed by atoms with Crippen molar-refractivity contribution in [3.63, 3.8) is 0 Å². The van der Waals surface area contributed by atoms with Crippen molar-refractivity contribution >= 4 is 29.3 Å². The van der Waals surface area contributed by atoms with Gasteiger partial charge >= 0.3 is 12.0 Å². The molecular formula is C19H20N4O5. The fraction of sp³-hybridized carbons (Fsp3) is 0.263. The van der Waals surface area contributed by atoms with Gasteiger partial charge < -0.3 is 20.2 Å². The number of furan rings is 1. The second kappa shape index (κ2) is 7.95. The first-order valence-electron chi connectivity index (χ1n) is 8.65. The average molecular weight is 384 g/mol. The van der Waals surface area contributed by atoms with E-state index in [1.807, 2.05) is 0 Å². The minimum absolute atomic E-state index is 0.123. The molecule has 3 amide bonds. The summed E-state index contributed by atoms with van der Waals surface area (Å²) in [7, 11) is 1.27. The van der Waals surface area contributed by atoms with E-state index in [0.29, 0.717) is 41.1 Å². The Labute approximate surface area is 160 Å².